The lowest BCUT2D eigenvalue weighted by atomic mass is 10.1. The van der Waals surface area contributed by atoms with Gasteiger partial charge >= 0.3 is 0 Å². The second kappa shape index (κ2) is 6.15. The first-order chi connectivity index (χ1) is 10.2. The zero-order valence-corrected chi connectivity index (χ0v) is 13.7. The second-order valence-electron chi connectivity index (χ2n) is 5.40. The van der Waals surface area contributed by atoms with Crippen molar-refractivity contribution >= 4 is 33.3 Å². The van der Waals surface area contributed by atoms with E-state index in [0.29, 0.717) is 6.10 Å². The second-order valence-corrected chi connectivity index (χ2v) is 6.63. The Bertz CT molecular complexity index is 619. The molecular formula is C15H22N4OS. The molecule has 0 radical (unpaired) electrons. The van der Waals surface area contributed by atoms with Crippen molar-refractivity contribution < 1.29 is 4.74 Å². The average Bonchev–Trinajstić information content (AvgIpc) is 2.87. The number of piperidine rings is 1. The number of methoxy groups -OCH3 is 1. The van der Waals surface area contributed by atoms with Gasteiger partial charge in [-0.15, -0.1) is 11.3 Å². The van der Waals surface area contributed by atoms with E-state index in [4.69, 9.17) is 9.72 Å². The number of aromatic nitrogens is 2. The molecule has 0 aromatic carbocycles. The summed E-state index contributed by atoms with van der Waals surface area (Å²) in [5, 5.41) is 4.42. The Kier molecular flexibility index (Phi) is 4.26. The smallest absolute Gasteiger partial charge is 0.226 e. The number of rotatable bonds is 4. The fraction of sp³-hybridized carbons (Fsp3) is 0.600. The van der Waals surface area contributed by atoms with Gasteiger partial charge < -0.3 is 15.0 Å². The quantitative estimate of drug-likeness (QED) is 0.941. The van der Waals surface area contributed by atoms with Crippen molar-refractivity contribution in [2.24, 2.45) is 0 Å². The minimum atomic E-state index is 0.385. The van der Waals surface area contributed by atoms with Crippen molar-refractivity contribution in [3.8, 4) is 0 Å². The molecule has 3 rings (SSSR count). The third kappa shape index (κ3) is 2.96. The van der Waals surface area contributed by atoms with Crippen LogP contribution in [0.1, 0.15) is 24.6 Å². The molecule has 1 N–H and O–H groups in total. The molecule has 0 aliphatic carbocycles. The van der Waals surface area contributed by atoms with Crippen LogP contribution < -0.4 is 10.2 Å². The zero-order valence-electron chi connectivity index (χ0n) is 12.8. The van der Waals surface area contributed by atoms with Crippen LogP contribution in [0.15, 0.2) is 6.07 Å². The molecule has 5 nitrogen and oxygen atoms in total. The average molecular weight is 306 g/mol. The molecule has 1 aliphatic rings. The van der Waals surface area contributed by atoms with Crippen LogP contribution in [0.25, 0.3) is 10.2 Å². The van der Waals surface area contributed by atoms with Gasteiger partial charge in [-0.2, -0.15) is 4.98 Å². The summed E-state index contributed by atoms with van der Waals surface area (Å²) >= 11 is 1.73. The van der Waals surface area contributed by atoms with E-state index >= 15 is 0 Å². The maximum Gasteiger partial charge on any atom is 0.226 e. The fourth-order valence-electron chi connectivity index (χ4n) is 2.81. The van der Waals surface area contributed by atoms with Gasteiger partial charge in [0.25, 0.3) is 0 Å². The topological polar surface area (TPSA) is 50.3 Å². The van der Waals surface area contributed by atoms with Crippen LogP contribution in [-0.2, 0) is 4.74 Å². The zero-order chi connectivity index (χ0) is 14.8. The van der Waals surface area contributed by atoms with Gasteiger partial charge in [0, 0.05) is 31.6 Å². The van der Waals surface area contributed by atoms with E-state index in [2.05, 4.69) is 35.1 Å². The maximum atomic E-state index is 5.46. The number of hydrogen-bond donors (Lipinski definition) is 1. The Morgan fingerprint density at radius 1 is 1.38 bits per heavy atom. The summed E-state index contributed by atoms with van der Waals surface area (Å²) < 4.78 is 5.46. The highest BCUT2D eigenvalue weighted by molar-refractivity contribution is 7.18. The van der Waals surface area contributed by atoms with E-state index in [1.54, 1.807) is 18.4 Å². The lowest BCUT2D eigenvalue weighted by Crippen LogP contribution is -2.37. The summed E-state index contributed by atoms with van der Waals surface area (Å²) in [5.41, 5.74) is 0. The molecule has 21 heavy (non-hydrogen) atoms. The first-order valence-electron chi connectivity index (χ1n) is 7.51. The van der Waals surface area contributed by atoms with Gasteiger partial charge in [0.05, 0.1) is 11.5 Å². The van der Waals surface area contributed by atoms with Gasteiger partial charge in [-0.1, -0.05) is 0 Å². The van der Waals surface area contributed by atoms with E-state index in [1.807, 2.05) is 0 Å². The highest BCUT2D eigenvalue weighted by Crippen LogP contribution is 2.33. The van der Waals surface area contributed by atoms with Crippen molar-refractivity contribution in [2.75, 3.05) is 37.0 Å². The fourth-order valence-corrected chi connectivity index (χ4v) is 3.68. The molecule has 0 unspecified atom stereocenters. The van der Waals surface area contributed by atoms with Gasteiger partial charge in [-0.3, -0.25) is 0 Å². The molecule has 0 amide bonds. The highest BCUT2D eigenvalue weighted by atomic mass is 32.1. The van der Waals surface area contributed by atoms with E-state index < -0.39 is 0 Å². The summed E-state index contributed by atoms with van der Waals surface area (Å²) in [6.45, 7) is 7.01. The van der Waals surface area contributed by atoms with Crippen molar-refractivity contribution in [1.82, 2.24) is 9.97 Å². The van der Waals surface area contributed by atoms with Crippen molar-refractivity contribution in [3.05, 3.63) is 10.9 Å². The van der Waals surface area contributed by atoms with Crippen LogP contribution in [0.3, 0.4) is 0 Å². The molecule has 1 fully saturated rings. The van der Waals surface area contributed by atoms with Gasteiger partial charge in [0.2, 0.25) is 5.95 Å². The monoisotopic (exact) mass is 306 g/mol. The maximum absolute atomic E-state index is 5.46. The number of nitrogens with one attached hydrogen (secondary N) is 1. The predicted octanol–water partition coefficient (Wildman–Crippen LogP) is 3.05. The lowest BCUT2D eigenvalue weighted by molar-refractivity contribution is 0.0818. The molecule has 6 heteroatoms. The van der Waals surface area contributed by atoms with Crippen LogP contribution in [0.5, 0.6) is 0 Å². The Hall–Kier alpha value is -1.40. The third-order valence-electron chi connectivity index (χ3n) is 3.91. The molecule has 2 aromatic rings. The first kappa shape index (κ1) is 14.5. The summed E-state index contributed by atoms with van der Waals surface area (Å²) in [5.74, 6) is 1.80. The first-order valence-corrected chi connectivity index (χ1v) is 8.32. The van der Waals surface area contributed by atoms with Crippen LogP contribution in [-0.4, -0.2) is 42.8 Å². The largest absolute Gasteiger partial charge is 0.381 e. The van der Waals surface area contributed by atoms with Gasteiger partial charge in [-0.25, -0.2) is 4.98 Å². The van der Waals surface area contributed by atoms with E-state index in [0.717, 1.165) is 49.1 Å². The predicted molar refractivity (Wildman–Crippen MR) is 88.6 cm³/mol. The van der Waals surface area contributed by atoms with E-state index in [1.165, 1.54) is 10.3 Å². The molecule has 114 valence electrons. The van der Waals surface area contributed by atoms with Crippen LogP contribution in [0, 0.1) is 6.92 Å². The van der Waals surface area contributed by atoms with Crippen LogP contribution in [0.4, 0.5) is 11.8 Å². The molecular weight excluding hydrogens is 284 g/mol. The minimum Gasteiger partial charge on any atom is -0.381 e. The third-order valence-corrected chi connectivity index (χ3v) is 4.85. The van der Waals surface area contributed by atoms with Crippen LogP contribution >= 0.6 is 11.3 Å². The Balaban J connectivity index is 1.96. The number of anilines is 2. The lowest BCUT2D eigenvalue weighted by Gasteiger charge is -2.32. The number of aryl methyl sites for hydroxylation is 1. The Morgan fingerprint density at radius 3 is 2.81 bits per heavy atom. The number of nitrogens with zero attached hydrogens (tertiary/aromatic N) is 3. The number of hydrogen-bond acceptors (Lipinski definition) is 6. The molecule has 3 heterocycles. The summed E-state index contributed by atoms with van der Waals surface area (Å²) in [6.07, 6.45) is 2.50. The molecule has 2 aromatic heterocycles. The molecule has 1 aliphatic heterocycles. The van der Waals surface area contributed by atoms with E-state index in [-0.39, 0.29) is 0 Å². The normalized spacial score (nSPS) is 16.6. The Labute approximate surface area is 129 Å². The van der Waals surface area contributed by atoms with Crippen molar-refractivity contribution in [3.63, 3.8) is 0 Å². The number of fused-ring (bicyclic) bond motifs is 1. The molecule has 0 bridgehead atoms. The van der Waals surface area contributed by atoms with Crippen molar-refractivity contribution in [2.45, 2.75) is 32.8 Å². The van der Waals surface area contributed by atoms with Gasteiger partial charge in [0.15, 0.2) is 0 Å². The van der Waals surface area contributed by atoms with Crippen molar-refractivity contribution in [1.29, 1.82) is 0 Å². The molecule has 1 saturated heterocycles. The summed E-state index contributed by atoms with van der Waals surface area (Å²) in [4.78, 5) is 14.1. The molecule has 0 atom stereocenters. The van der Waals surface area contributed by atoms with Gasteiger partial charge in [0.1, 0.15) is 10.6 Å². The summed E-state index contributed by atoms with van der Waals surface area (Å²) in [6, 6.07) is 2.20. The highest BCUT2D eigenvalue weighted by Gasteiger charge is 2.22. The minimum absolute atomic E-state index is 0.385. The molecule has 0 spiro atoms. The standard InChI is InChI=1S/C15H22N4OS/c1-4-16-15-17-13(12-9-10(2)21-14(12)18-15)19-7-5-11(20-3)6-8-19/h9,11H,4-8H2,1-3H3,(H,16,17,18). The number of thiophene rings is 1. The Morgan fingerprint density at radius 2 is 2.14 bits per heavy atom. The van der Waals surface area contributed by atoms with Gasteiger partial charge in [-0.05, 0) is 32.8 Å². The molecule has 0 saturated carbocycles. The van der Waals surface area contributed by atoms with E-state index in [9.17, 15) is 0 Å². The van der Waals surface area contributed by atoms with Crippen LogP contribution in [0.2, 0.25) is 0 Å². The summed E-state index contributed by atoms with van der Waals surface area (Å²) in [7, 11) is 1.80. The SMILES string of the molecule is CCNc1nc(N2CCC(OC)CC2)c2cc(C)sc2n1. The number of ether oxygens (including phenoxy) is 1.